The van der Waals surface area contributed by atoms with Crippen LogP contribution in [0.15, 0.2) is 109 Å². The fraction of sp³-hybridized carbons (Fsp3) is 0.383. The molecule has 4 nitrogen and oxygen atoms in total. The molecule has 0 amide bonds. The van der Waals surface area contributed by atoms with Gasteiger partial charge in [0.1, 0.15) is 11.5 Å². The Morgan fingerprint density at radius 3 is 1.89 bits per heavy atom. The van der Waals surface area contributed by atoms with E-state index in [2.05, 4.69) is 90.9 Å². The van der Waals surface area contributed by atoms with Crippen LogP contribution in [0.1, 0.15) is 88.8 Å². The van der Waals surface area contributed by atoms with E-state index in [0.29, 0.717) is 12.1 Å². The number of nitrogens with zero attached hydrogens (tertiary/aromatic N) is 2. The lowest BCUT2D eigenvalue weighted by atomic mass is 9.80. The summed E-state index contributed by atoms with van der Waals surface area (Å²) in [7, 11) is 0. The smallest absolute Gasteiger partial charge is 0.416 e. The molecule has 6 rings (SSSR count). The quantitative estimate of drug-likeness (QED) is 0.135. The van der Waals surface area contributed by atoms with Crippen molar-refractivity contribution < 1.29 is 27.2 Å². The van der Waals surface area contributed by atoms with Crippen molar-refractivity contribution in [2.24, 2.45) is 0 Å². The zero-order valence-electron chi connectivity index (χ0n) is 33.1. The third-order valence-electron chi connectivity index (χ3n) is 10.6. The van der Waals surface area contributed by atoms with Crippen LogP contribution in [0.5, 0.6) is 11.5 Å². The van der Waals surface area contributed by atoms with Crippen molar-refractivity contribution in [3.8, 4) is 11.5 Å². The molecule has 0 aromatic heterocycles. The second-order valence-corrected chi connectivity index (χ2v) is 16.2. The second kappa shape index (κ2) is 15.2. The van der Waals surface area contributed by atoms with E-state index in [1.165, 1.54) is 40.2 Å². The van der Waals surface area contributed by atoms with Gasteiger partial charge in [-0.2, -0.15) is 17.7 Å². The molecule has 0 saturated heterocycles. The van der Waals surface area contributed by atoms with Crippen molar-refractivity contribution in [2.45, 2.75) is 104 Å². The Bertz CT molecular complexity index is 2070. The summed E-state index contributed by atoms with van der Waals surface area (Å²) in [6.45, 7) is 20.2. The minimum atomic E-state index is -4.42. The number of hydrogen-bond acceptors (Lipinski definition) is 3. The van der Waals surface area contributed by atoms with Gasteiger partial charge >= 0.3 is 6.18 Å². The standard InChI is InChI=1S/C47H54F3N2O2/c1-31(2)53-37-19-14-34(15-20-37)25-27-51-41-23-13-33(5)29-39(41)45(6,7)43(51)11-10-12-44-46(8,9)40-30-36(47(48,49)50)18-24-42(40)52(44)28-26-35-16-21-38(22-17-35)54-32(3)4/h10-24,29-32H,25-28H2,1-9H3/q+1. The van der Waals surface area contributed by atoms with Gasteiger partial charge in [-0.15, -0.1) is 0 Å². The van der Waals surface area contributed by atoms with Crippen LogP contribution in [-0.2, 0) is 29.8 Å². The van der Waals surface area contributed by atoms with Crippen molar-refractivity contribution in [2.75, 3.05) is 18.0 Å². The van der Waals surface area contributed by atoms with E-state index in [9.17, 15) is 13.2 Å². The number of fused-ring (bicyclic) bond motifs is 2. The molecule has 54 heavy (non-hydrogen) atoms. The zero-order chi connectivity index (χ0) is 39.0. The average Bonchev–Trinajstić information content (AvgIpc) is 3.44. The summed E-state index contributed by atoms with van der Waals surface area (Å²) >= 11 is 0. The molecule has 2 heterocycles. The molecule has 7 heteroatoms. The molecule has 0 N–H and O–H groups in total. The monoisotopic (exact) mass is 735 g/mol. The Kier molecular flexibility index (Phi) is 10.9. The first-order valence-electron chi connectivity index (χ1n) is 19.1. The van der Waals surface area contributed by atoms with E-state index in [0.717, 1.165) is 47.8 Å². The molecule has 0 radical (unpaired) electrons. The van der Waals surface area contributed by atoms with Crippen molar-refractivity contribution in [1.82, 2.24) is 0 Å². The number of ether oxygens (including phenoxy) is 2. The summed E-state index contributed by atoms with van der Waals surface area (Å²) in [5.41, 5.74) is 8.18. The van der Waals surface area contributed by atoms with Gasteiger partial charge in [-0.05, 0) is 126 Å². The number of rotatable bonds is 12. The number of allylic oxidation sites excluding steroid dienone is 4. The Morgan fingerprint density at radius 2 is 1.31 bits per heavy atom. The SMILES string of the molecule is Cc1ccc2c(c1)C(C)(C)C(/C=C/C=C1/N(CCc3ccc(OC(C)C)cc3)c3ccc(C(F)(F)F)cc3C1(C)C)=[N+]2CCc1ccc(OC(C)C)cc1. The van der Waals surface area contributed by atoms with Crippen LogP contribution in [0.2, 0.25) is 0 Å². The lowest BCUT2D eigenvalue weighted by molar-refractivity contribution is -0.436. The molecule has 0 fully saturated rings. The molecule has 2 aliphatic rings. The summed E-state index contributed by atoms with van der Waals surface area (Å²) in [6.07, 6.45) is 3.76. The molecule has 0 atom stereocenters. The van der Waals surface area contributed by atoms with Gasteiger partial charge in [0, 0.05) is 47.5 Å². The summed E-state index contributed by atoms with van der Waals surface area (Å²) in [6, 6.07) is 27.3. The largest absolute Gasteiger partial charge is 0.491 e. The number of anilines is 1. The van der Waals surface area contributed by atoms with Crippen molar-refractivity contribution in [3.63, 3.8) is 0 Å². The fourth-order valence-electron chi connectivity index (χ4n) is 7.85. The molecule has 0 unspecified atom stereocenters. The molecular formula is C47H54F3N2O2+. The highest BCUT2D eigenvalue weighted by Crippen LogP contribution is 2.49. The normalized spacial score (nSPS) is 16.9. The Labute approximate surface area is 319 Å². The Hall–Kier alpha value is -4.78. The molecule has 4 aromatic rings. The molecular weight excluding hydrogens is 682 g/mol. The first kappa shape index (κ1) is 38.9. The molecule has 0 bridgehead atoms. The number of benzene rings is 4. The van der Waals surface area contributed by atoms with Crippen LogP contribution < -0.4 is 14.4 Å². The van der Waals surface area contributed by atoms with E-state index in [1.54, 1.807) is 6.07 Å². The van der Waals surface area contributed by atoms with Gasteiger partial charge in [0.05, 0.1) is 23.2 Å². The van der Waals surface area contributed by atoms with Crippen molar-refractivity contribution >= 4 is 17.1 Å². The highest BCUT2D eigenvalue weighted by molar-refractivity contribution is 6.03. The predicted octanol–water partition coefficient (Wildman–Crippen LogP) is 11.7. The van der Waals surface area contributed by atoms with E-state index in [4.69, 9.17) is 9.47 Å². The fourth-order valence-corrected chi connectivity index (χ4v) is 7.85. The number of aryl methyl sites for hydroxylation is 1. The molecule has 0 saturated carbocycles. The maximum Gasteiger partial charge on any atom is 0.416 e. The Balaban J connectivity index is 1.35. The first-order chi connectivity index (χ1) is 25.4. The van der Waals surface area contributed by atoms with Gasteiger partial charge in [-0.3, -0.25) is 0 Å². The average molecular weight is 736 g/mol. The van der Waals surface area contributed by atoms with Crippen LogP contribution in [0.4, 0.5) is 24.5 Å². The number of hydrogen-bond donors (Lipinski definition) is 0. The third kappa shape index (κ3) is 8.15. The van der Waals surface area contributed by atoms with E-state index >= 15 is 0 Å². The number of alkyl halides is 3. The maximum atomic E-state index is 14.0. The number of halogens is 3. The molecule has 284 valence electrons. The van der Waals surface area contributed by atoms with E-state index < -0.39 is 17.2 Å². The highest BCUT2D eigenvalue weighted by atomic mass is 19.4. The van der Waals surface area contributed by atoms with Crippen LogP contribution in [0.25, 0.3) is 0 Å². The van der Waals surface area contributed by atoms with Gasteiger partial charge in [0.2, 0.25) is 5.69 Å². The topological polar surface area (TPSA) is 24.7 Å². The van der Waals surface area contributed by atoms with E-state index in [-0.39, 0.29) is 17.6 Å². The van der Waals surface area contributed by atoms with Crippen molar-refractivity contribution in [1.29, 1.82) is 0 Å². The maximum absolute atomic E-state index is 14.0. The van der Waals surface area contributed by atoms with Crippen LogP contribution in [-0.4, -0.2) is 35.6 Å². The van der Waals surface area contributed by atoms with Crippen molar-refractivity contribution in [3.05, 3.63) is 142 Å². The Morgan fingerprint density at radius 1 is 0.722 bits per heavy atom. The summed E-state index contributed by atoms with van der Waals surface area (Å²) in [5.74, 6) is 1.69. The highest BCUT2D eigenvalue weighted by Gasteiger charge is 2.45. The molecule has 2 aliphatic heterocycles. The second-order valence-electron chi connectivity index (χ2n) is 16.2. The van der Waals surface area contributed by atoms with Gasteiger partial charge < -0.3 is 14.4 Å². The van der Waals surface area contributed by atoms with Crippen LogP contribution >= 0.6 is 0 Å². The van der Waals surface area contributed by atoms with Crippen LogP contribution in [0, 0.1) is 6.92 Å². The van der Waals surface area contributed by atoms with Gasteiger partial charge in [0.25, 0.3) is 0 Å². The van der Waals surface area contributed by atoms with Gasteiger partial charge in [-0.1, -0.05) is 55.8 Å². The summed E-state index contributed by atoms with van der Waals surface area (Å²) < 4.78 is 56.1. The lowest BCUT2D eigenvalue weighted by Crippen LogP contribution is -2.29. The minimum Gasteiger partial charge on any atom is -0.491 e. The third-order valence-corrected chi connectivity index (χ3v) is 10.6. The molecule has 0 spiro atoms. The molecule has 4 aromatic carbocycles. The first-order valence-corrected chi connectivity index (χ1v) is 19.1. The summed E-state index contributed by atoms with van der Waals surface area (Å²) in [4.78, 5) is 2.20. The van der Waals surface area contributed by atoms with E-state index in [1.807, 2.05) is 65.8 Å². The van der Waals surface area contributed by atoms with Gasteiger partial charge in [-0.25, -0.2) is 0 Å². The lowest BCUT2D eigenvalue weighted by Gasteiger charge is -2.27. The predicted molar refractivity (Wildman–Crippen MR) is 215 cm³/mol. The molecule has 0 aliphatic carbocycles. The minimum absolute atomic E-state index is 0.0854. The van der Waals surface area contributed by atoms with Gasteiger partial charge in [0.15, 0.2) is 12.3 Å². The summed E-state index contributed by atoms with van der Waals surface area (Å²) in [5, 5.41) is 0. The van der Waals surface area contributed by atoms with Crippen LogP contribution in [0.3, 0.4) is 0 Å². The zero-order valence-corrected chi connectivity index (χ0v) is 33.1.